The molecule has 1 amide bonds. The molecule has 3 heterocycles. The van der Waals surface area contributed by atoms with Gasteiger partial charge in [0.2, 0.25) is 0 Å². The number of nitrogens with zero attached hydrogens (tertiary/aromatic N) is 2. The summed E-state index contributed by atoms with van der Waals surface area (Å²) in [6.45, 7) is 3.85. The van der Waals surface area contributed by atoms with E-state index in [2.05, 4.69) is 4.98 Å². The molecule has 1 N–H and O–H groups in total. The molecular formula is C20H24N2O3. The predicted molar refractivity (Wildman–Crippen MR) is 95.5 cm³/mol. The van der Waals surface area contributed by atoms with Crippen LogP contribution in [0.1, 0.15) is 35.3 Å². The lowest BCUT2D eigenvalue weighted by Crippen LogP contribution is -2.48. The fourth-order valence-electron chi connectivity index (χ4n) is 4.13. The molecule has 4 rings (SSSR count). The minimum atomic E-state index is -0.379. The molecule has 1 aromatic carbocycles. The van der Waals surface area contributed by atoms with Crippen molar-refractivity contribution in [2.45, 2.75) is 38.3 Å². The summed E-state index contributed by atoms with van der Waals surface area (Å²) in [4.78, 5) is 19.5. The maximum atomic E-state index is 13.1. The van der Waals surface area contributed by atoms with E-state index < -0.39 is 0 Å². The maximum absolute atomic E-state index is 13.1. The van der Waals surface area contributed by atoms with Gasteiger partial charge in [-0.05, 0) is 50.5 Å². The van der Waals surface area contributed by atoms with Gasteiger partial charge >= 0.3 is 0 Å². The molecular weight excluding hydrogens is 316 g/mol. The van der Waals surface area contributed by atoms with Gasteiger partial charge in [0.15, 0.2) is 0 Å². The van der Waals surface area contributed by atoms with Crippen molar-refractivity contribution in [3.05, 3.63) is 41.6 Å². The van der Waals surface area contributed by atoms with Gasteiger partial charge in [0.25, 0.3) is 5.91 Å². The number of aliphatic hydroxyl groups excluding tert-OH is 1. The van der Waals surface area contributed by atoms with Gasteiger partial charge in [0.05, 0.1) is 18.2 Å². The average Bonchev–Trinajstić information content (AvgIpc) is 3.10. The van der Waals surface area contributed by atoms with Crippen molar-refractivity contribution in [1.29, 1.82) is 0 Å². The van der Waals surface area contributed by atoms with Crippen LogP contribution in [0.25, 0.3) is 10.9 Å². The van der Waals surface area contributed by atoms with Crippen LogP contribution in [0.15, 0.2) is 30.3 Å². The summed E-state index contributed by atoms with van der Waals surface area (Å²) in [7, 11) is 0. The molecule has 0 saturated carbocycles. The largest absolute Gasteiger partial charge is 0.393 e. The van der Waals surface area contributed by atoms with Gasteiger partial charge in [-0.1, -0.05) is 6.07 Å². The molecule has 0 radical (unpaired) electrons. The molecule has 0 spiro atoms. The zero-order valence-corrected chi connectivity index (χ0v) is 14.5. The van der Waals surface area contributed by atoms with Crippen molar-refractivity contribution in [3.63, 3.8) is 0 Å². The third-order valence-corrected chi connectivity index (χ3v) is 5.49. The topological polar surface area (TPSA) is 62.7 Å². The van der Waals surface area contributed by atoms with E-state index in [9.17, 15) is 9.90 Å². The van der Waals surface area contributed by atoms with E-state index in [1.165, 1.54) is 0 Å². The molecule has 5 nitrogen and oxygen atoms in total. The first-order valence-corrected chi connectivity index (χ1v) is 9.08. The highest BCUT2D eigenvalue weighted by Gasteiger charge is 2.39. The monoisotopic (exact) mass is 340 g/mol. The molecule has 2 aliphatic rings. The second-order valence-electron chi connectivity index (χ2n) is 7.16. The Bertz CT molecular complexity index is 792. The van der Waals surface area contributed by atoms with E-state index in [-0.39, 0.29) is 24.0 Å². The third kappa shape index (κ3) is 3.14. The van der Waals surface area contributed by atoms with E-state index in [4.69, 9.17) is 4.74 Å². The Labute approximate surface area is 147 Å². The Kier molecular flexibility index (Phi) is 4.44. The van der Waals surface area contributed by atoms with Crippen molar-refractivity contribution in [2.75, 3.05) is 19.8 Å². The van der Waals surface area contributed by atoms with Crippen molar-refractivity contribution in [2.24, 2.45) is 5.92 Å². The fraction of sp³-hybridized carbons (Fsp3) is 0.500. The van der Waals surface area contributed by atoms with Crippen LogP contribution >= 0.6 is 0 Å². The third-order valence-electron chi connectivity index (χ3n) is 5.49. The lowest BCUT2D eigenvalue weighted by atomic mass is 9.89. The summed E-state index contributed by atoms with van der Waals surface area (Å²) in [6, 6.07) is 9.74. The molecule has 0 aliphatic carbocycles. The Morgan fingerprint density at radius 3 is 3.00 bits per heavy atom. The van der Waals surface area contributed by atoms with E-state index in [0.717, 1.165) is 36.0 Å². The van der Waals surface area contributed by atoms with Crippen LogP contribution in [0.5, 0.6) is 0 Å². The van der Waals surface area contributed by atoms with Crippen molar-refractivity contribution < 1.29 is 14.6 Å². The van der Waals surface area contributed by atoms with Crippen molar-refractivity contribution in [1.82, 2.24) is 9.88 Å². The smallest absolute Gasteiger partial charge is 0.254 e. The van der Waals surface area contributed by atoms with Crippen LogP contribution in [0.4, 0.5) is 0 Å². The number of fused-ring (bicyclic) bond motifs is 1. The number of likely N-dealkylation sites (tertiary alicyclic amines) is 1. The second kappa shape index (κ2) is 6.73. The molecule has 2 fully saturated rings. The normalized spacial score (nSPS) is 27.0. The van der Waals surface area contributed by atoms with Crippen LogP contribution < -0.4 is 0 Å². The van der Waals surface area contributed by atoms with Crippen LogP contribution in [-0.4, -0.2) is 52.8 Å². The highest BCUT2D eigenvalue weighted by Crippen LogP contribution is 2.31. The van der Waals surface area contributed by atoms with Gasteiger partial charge < -0.3 is 14.7 Å². The van der Waals surface area contributed by atoms with Crippen LogP contribution in [0, 0.1) is 12.8 Å². The van der Waals surface area contributed by atoms with Gasteiger partial charge in [-0.3, -0.25) is 9.78 Å². The van der Waals surface area contributed by atoms with E-state index in [0.29, 0.717) is 25.2 Å². The van der Waals surface area contributed by atoms with Gasteiger partial charge in [-0.2, -0.15) is 0 Å². The van der Waals surface area contributed by atoms with Crippen LogP contribution in [0.2, 0.25) is 0 Å². The van der Waals surface area contributed by atoms with E-state index in [1.54, 1.807) is 0 Å². The van der Waals surface area contributed by atoms with Crippen LogP contribution in [0.3, 0.4) is 0 Å². The molecule has 132 valence electrons. The number of carbonyl (C=O) groups excluding carboxylic acids is 1. The molecule has 2 saturated heterocycles. The summed E-state index contributed by atoms with van der Waals surface area (Å²) in [5.74, 6) is 0.0627. The minimum Gasteiger partial charge on any atom is -0.393 e. The number of aryl methyl sites for hydroxylation is 1. The van der Waals surface area contributed by atoms with Gasteiger partial charge in [-0.15, -0.1) is 0 Å². The SMILES string of the molecule is Cc1ccc2cc(C(=O)N3CCC[C@@H]3[C@H]3COCC[C@@H]3O)ccc2n1. The van der Waals surface area contributed by atoms with Gasteiger partial charge in [0.1, 0.15) is 0 Å². The molecule has 2 aromatic rings. The summed E-state index contributed by atoms with van der Waals surface area (Å²) < 4.78 is 5.56. The number of aromatic nitrogens is 1. The van der Waals surface area contributed by atoms with Crippen molar-refractivity contribution >= 4 is 16.8 Å². The summed E-state index contributed by atoms with van der Waals surface area (Å²) in [6.07, 6.45) is 2.19. The predicted octanol–water partition coefficient (Wildman–Crippen LogP) is 2.55. The number of amides is 1. The minimum absolute atomic E-state index is 0.0185. The number of hydrogen-bond acceptors (Lipinski definition) is 4. The second-order valence-corrected chi connectivity index (χ2v) is 7.16. The number of ether oxygens (including phenoxy) is 1. The highest BCUT2D eigenvalue weighted by molar-refractivity contribution is 5.98. The molecule has 0 bridgehead atoms. The van der Waals surface area contributed by atoms with Crippen LogP contribution in [-0.2, 0) is 4.74 Å². The lowest BCUT2D eigenvalue weighted by Gasteiger charge is -2.37. The summed E-state index contributed by atoms with van der Waals surface area (Å²) in [5.41, 5.74) is 2.57. The average molecular weight is 340 g/mol. The number of hydrogen-bond donors (Lipinski definition) is 1. The Morgan fingerprint density at radius 1 is 1.28 bits per heavy atom. The number of aliphatic hydroxyl groups is 1. The number of benzene rings is 1. The zero-order valence-electron chi connectivity index (χ0n) is 14.5. The number of rotatable bonds is 2. The van der Waals surface area contributed by atoms with E-state index in [1.807, 2.05) is 42.2 Å². The Hall–Kier alpha value is -1.98. The highest BCUT2D eigenvalue weighted by atomic mass is 16.5. The molecule has 1 aromatic heterocycles. The fourth-order valence-corrected chi connectivity index (χ4v) is 4.13. The van der Waals surface area contributed by atoms with Crippen molar-refractivity contribution in [3.8, 4) is 0 Å². The number of carbonyl (C=O) groups is 1. The summed E-state index contributed by atoms with van der Waals surface area (Å²) >= 11 is 0. The number of pyridine rings is 1. The zero-order chi connectivity index (χ0) is 17.4. The first kappa shape index (κ1) is 16.5. The molecule has 2 aliphatic heterocycles. The quantitative estimate of drug-likeness (QED) is 0.913. The Morgan fingerprint density at radius 2 is 2.16 bits per heavy atom. The lowest BCUT2D eigenvalue weighted by molar-refractivity contribution is -0.0589. The summed E-state index contributed by atoms with van der Waals surface area (Å²) in [5, 5.41) is 11.3. The van der Waals surface area contributed by atoms with Gasteiger partial charge in [-0.25, -0.2) is 0 Å². The first-order valence-electron chi connectivity index (χ1n) is 9.08. The first-order chi connectivity index (χ1) is 12.1. The molecule has 25 heavy (non-hydrogen) atoms. The molecule has 0 unspecified atom stereocenters. The Balaban J connectivity index is 1.59. The molecule has 5 heteroatoms. The van der Waals surface area contributed by atoms with Gasteiger partial charge in [0, 0.05) is 41.8 Å². The molecule has 3 atom stereocenters. The maximum Gasteiger partial charge on any atom is 0.254 e. The van der Waals surface area contributed by atoms with E-state index >= 15 is 0 Å². The standard InChI is InChI=1S/C20H24N2O3/c1-13-4-5-14-11-15(6-7-17(14)21-13)20(24)22-9-2-3-18(22)16-12-25-10-8-19(16)23/h4-7,11,16,18-19,23H,2-3,8-10,12H2,1H3/t16-,18-,19+/m1/s1.